The number of carbonyl (C=O) groups is 1. The van der Waals surface area contributed by atoms with E-state index in [4.69, 9.17) is 5.11 Å². The Bertz CT molecular complexity index is 228. The molecule has 1 heterocycles. The van der Waals surface area contributed by atoms with Crippen molar-refractivity contribution in [1.82, 2.24) is 0 Å². The number of hydrogen-bond acceptors (Lipinski definition) is 3. The van der Waals surface area contributed by atoms with E-state index in [0.29, 0.717) is 0 Å². The normalized spacial score (nSPS) is 23.9. The van der Waals surface area contributed by atoms with Crippen molar-refractivity contribution in [3.8, 4) is 0 Å². The lowest BCUT2D eigenvalue weighted by atomic mass is 9.85. The first-order valence-corrected chi connectivity index (χ1v) is 5.96. The fourth-order valence-corrected chi connectivity index (χ4v) is 3.82. The second-order valence-corrected chi connectivity index (χ2v) is 5.98. The van der Waals surface area contributed by atoms with Gasteiger partial charge in [0.15, 0.2) is 0 Å². The van der Waals surface area contributed by atoms with Crippen LogP contribution in [0.4, 0.5) is 0 Å². The summed E-state index contributed by atoms with van der Waals surface area (Å²) in [4.78, 5) is 10.8. The van der Waals surface area contributed by atoms with Crippen molar-refractivity contribution >= 4 is 27.6 Å². The predicted molar refractivity (Wildman–Crippen MR) is 54.1 cm³/mol. The van der Waals surface area contributed by atoms with Crippen LogP contribution in [-0.2, 0) is 4.79 Å². The van der Waals surface area contributed by atoms with Crippen LogP contribution in [0, 0.1) is 5.41 Å². The van der Waals surface area contributed by atoms with Crippen LogP contribution in [0.15, 0.2) is 11.0 Å². The summed E-state index contributed by atoms with van der Waals surface area (Å²) in [5.41, 5.74) is 0.990. The second-order valence-electron chi connectivity index (χ2n) is 3.73. The van der Waals surface area contributed by atoms with Crippen molar-refractivity contribution in [2.75, 3.05) is 0 Å². The average molecular weight is 204 g/mol. The molecular weight excluding hydrogens is 192 g/mol. The van der Waals surface area contributed by atoms with E-state index in [9.17, 15) is 4.79 Å². The summed E-state index contributed by atoms with van der Waals surface area (Å²) in [6, 6.07) is 0. The van der Waals surface area contributed by atoms with Gasteiger partial charge in [-0.25, -0.2) is 0 Å². The van der Waals surface area contributed by atoms with Gasteiger partial charge < -0.3 is 5.11 Å². The van der Waals surface area contributed by atoms with E-state index in [-0.39, 0.29) is 10.7 Å². The molecule has 0 bridgehead atoms. The molecule has 0 aromatic carbocycles. The summed E-state index contributed by atoms with van der Waals surface area (Å²) in [6.45, 7) is 6.13. The smallest absolute Gasteiger partial charge is 0.321 e. The minimum atomic E-state index is -0.730. The van der Waals surface area contributed by atoms with E-state index in [2.05, 4.69) is 0 Å². The van der Waals surface area contributed by atoms with Crippen LogP contribution in [0.3, 0.4) is 0 Å². The van der Waals surface area contributed by atoms with Gasteiger partial charge in [0.1, 0.15) is 5.25 Å². The van der Waals surface area contributed by atoms with Crippen LogP contribution in [0.5, 0.6) is 0 Å². The third-order valence-electron chi connectivity index (χ3n) is 1.70. The largest absolute Gasteiger partial charge is 0.480 e. The molecule has 0 saturated carbocycles. The van der Waals surface area contributed by atoms with Crippen LogP contribution in [0.2, 0.25) is 0 Å². The van der Waals surface area contributed by atoms with Gasteiger partial charge in [0.05, 0.1) is 0 Å². The molecule has 1 unspecified atom stereocenters. The molecule has 0 aromatic heterocycles. The molecular formula is C8H12O2S2. The molecule has 0 aromatic rings. The molecule has 0 saturated heterocycles. The summed E-state index contributed by atoms with van der Waals surface area (Å²) in [5.74, 6) is -0.730. The highest BCUT2D eigenvalue weighted by Crippen LogP contribution is 2.47. The topological polar surface area (TPSA) is 37.3 Å². The fourth-order valence-electron chi connectivity index (χ4n) is 0.993. The quantitative estimate of drug-likeness (QED) is 0.666. The van der Waals surface area contributed by atoms with Crippen molar-refractivity contribution in [3.63, 3.8) is 0 Å². The summed E-state index contributed by atoms with van der Waals surface area (Å²) >= 11 is 0. The third-order valence-corrected chi connectivity index (χ3v) is 4.01. The van der Waals surface area contributed by atoms with Gasteiger partial charge in [-0.05, 0) is 16.4 Å². The second kappa shape index (κ2) is 3.34. The SMILES string of the molecule is CC(C)(C)C1=CSSC1C(=O)O. The van der Waals surface area contributed by atoms with E-state index >= 15 is 0 Å². The Balaban J connectivity index is 2.83. The maximum Gasteiger partial charge on any atom is 0.321 e. The van der Waals surface area contributed by atoms with E-state index < -0.39 is 5.97 Å². The Hall–Kier alpha value is -0.0900. The maximum atomic E-state index is 10.8. The molecule has 1 N–H and O–H groups in total. The summed E-state index contributed by atoms with van der Waals surface area (Å²) in [7, 11) is 2.93. The van der Waals surface area contributed by atoms with Gasteiger partial charge in [-0.3, -0.25) is 4.79 Å². The number of hydrogen-bond donors (Lipinski definition) is 1. The molecule has 68 valence electrons. The van der Waals surface area contributed by atoms with Crippen molar-refractivity contribution in [1.29, 1.82) is 0 Å². The molecule has 0 radical (unpaired) electrons. The third kappa shape index (κ3) is 1.98. The maximum absolute atomic E-state index is 10.8. The number of carboxylic acids is 1. The van der Waals surface area contributed by atoms with Crippen LogP contribution in [0.1, 0.15) is 20.8 Å². The Kier molecular flexibility index (Phi) is 2.78. The zero-order chi connectivity index (χ0) is 9.35. The fraction of sp³-hybridized carbons (Fsp3) is 0.625. The van der Waals surface area contributed by atoms with Gasteiger partial charge in [0, 0.05) is 0 Å². The summed E-state index contributed by atoms with van der Waals surface area (Å²) in [5, 5.41) is 10.5. The summed E-state index contributed by atoms with van der Waals surface area (Å²) in [6.07, 6.45) is 0. The zero-order valence-corrected chi connectivity index (χ0v) is 8.96. The van der Waals surface area contributed by atoms with Crippen molar-refractivity contribution in [2.24, 2.45) is 5.41 Å². The van der Waals surface area contributed by atoms with E-state index in [1.165, 1.54) is 21.6 Å². The molecule has 0 aliphatic carbocycles. The minimum absolute atomic E-state index is 0.0282. The molecule has 1 rings (SSSR count). The van der Waals surface area contributed by atoms with Gasteiger partial charge in [-0.2, -0.15) is 0 Å². The number of carboxylic acid groups (broad SMARTS) is 1. The highest BCUT2D eigenvalue weighted by molar-refractivity contribution is 8.78. The first-order valence-electron chi connectivity index (χ1n) is 3.68. The van der Waals surface area contributed by atoms with E-state index in [1.54, 1.807) is 0 Å². The first kappa shape index (κ1) is 9.99. The summed E-state index contributed by atoms with van der Waals surface area (Å²) < 4.78 is 0. The van der Waals surface area contributed by atoms with Gasteiger partial charge >= 0.3 is 5.97 Å². The highest BCUT2D eigenvalue weighted by Gasteiger charge is 2.34. The monoisotopic (exact) mass is 204 g/mol. The van der Waals surface area contributed by atoms with E-state index in [0.717, 1.165) is 5.57 Å². The molecule has 12 heavy (non-hydrogen) atoms. The molecule has 4 heteroatoms. The Morgan fingerprint density at radius 3 is 2.50 bits per heavy atom. The standard InChI is InChI=1S/C8H12O2S2/c1-8(2,3)5-4-11-12-6(5)7(9)10/h4,6H,1-3H3,(H,9,10). The molecule has 1 aliphatic rings. The van der Waals surface area contributed by atoms with Crippen molar-refractivity contribution in [2.45, 2.75) is 26.0 Å². The Morgan fingerprint density at radius 2 is 2.17 bits per heavy atom. The van der Waals surface area contributed by atoms with Gasteiger partial charge in [0.25, 0.3) is 0 Å². The lowest BCUT2D eigenvalue weighted by molar-refractivity contribution is -0.135. The molecule has 1 aliphatic heterocycles. The zero-order valence-electron chi connectivity index (χ0n) is 7.33. The Morgan fingerprint density at radius 1 is 1.58 bits per heavy atom. The van der Waals surface area contributed by atoms with Crippen LogP contribution >= 0.6 is 21.6 Å². The first-order chi connectivity index (χ1) is 5.43. The van der Waals surface area contributed by atoms with Crippen molar-refractivity contribution < 1.29 is 9.90 Å². The average Bonchev–Trinajstić information content (AvgIpc) is 2.30. The van der Waals surface area contributed by atoms with Crippen LogP contribution in [-0.4, -0.2) is 16.3 Å². The van der Waals surface area contributed by atoms with Gasteiger partial charge in [-0.1, -0.05) is 42.4 Å². The molecule has 0 amide bonds. The number of aliphatic carboxylic acids is 1. The molecule has 0 fully saturated rings. The van der Waals surface area contributed by atoms with Crippen LogP contribution in [0.25, 0.3) is 0 Å². The number of rotatable bonds is 1. The lowest BCUT2D eigenvalue weighted by Gasteiger charge is -2.22. The molecule has 0 spiro atoms. The Labute approximate surface area is 80.2 Å². The predicted octanol–water partition coefficient (Wildman–Crippen LogP) is 2.76. The molecule has 1 atom stereocenters. The lowest BCUT2D eigenvalue weighted by Crippen LogP contribution is -2.24. The minimum Gasteiger partial charge on any atom is -0.480 e. The van der Waals surface area contributed by atoms with Gasteiger partial charge in [0.2, 0.25) is 0 Å². The molecule has 2 nitrogen and oxygen atoms in total. The van der Waals surface area contributed by atoms with Gasteiger partial charge in [-0.15, -0.1) is 0 Å². The van der Waals surface area contributed by atoms with Crippen molar-refractivity contribution in [3.05, 3.63) is 11.0 Å². The highest BCUT2D eigenvalue weighted by atomic mass is 33.1. The van der Waals surface area contributed by atoms with E-state index in [1.807, 2.05) is 26.2 Å². The van der Waals surface area contributed by atoms with Crippen LogP contribution < -0.4 is 0 Å².